The van der Waals surface area contributed by atoms with E-state index in [1.54, 1.807) is 0 Å². The maximum Gasteiger partial charge on any atom is 0.306 e. The van der Waals surface area contributed by atoms with Crippen LogP contribution in [0.5, 0.6) is 0 Å². The van der Waals surface area contributed by atoms with Gasteiger partial charge in [-0.3, -0.25) is 19.2 Å². The van der Waals surface area contributed by atoms with Gasteiger partial charge in [0.1, 0.15) is 12.7 Å². The fourth-order valence-corrected chi connectivity index (χ4v) is 7.68. The predicted molar refractivity (Wildman–Crippen MR) is 238 cm³/mol. The molecular weight excluding hydrogens is 727 g/mol. The molecule has 58 heavy (non-hydrogen) atoms. The van der Waals surface area contributed by atoms with Gasteiger partial charge in [0.25, 0.3) is 0 Å². The van der Waals surface area contributed by atoms with Crippen molar-refractivity contribution in [2.24, 2.45) is 0 Å². The van der Waals surface area contributed by atoms with E-state index in [4.69, 9.17) is 14.2 Å². The molecule has 0 bridgehead atoms. The molecular formula is C50H87NO7. The molecule has 3 atom stereocenters. The standard InChI is InChI=1S/C50H87NO7/c1-5-8-10-12-14-16-18-20-21-22-24-26-28-30-35-39-47(53)51-45(7-3)50(57-43(4)52)46(38-34-29-27-25-23-19-17-15-13-11-9-6-2)58-49(55)41-40-48(54)56-42-44-36-32-31-33-37-44/h31-33,36-37,45-46,50H,5-30,34-35,38-42H2,1-4H3,(H,51,53)/t45-,46+,50-/m0/s1. The van der Waals surface area contributed by atoms with Crippen molar-refractivity contribution in [2.75, 3.05) is 0 Å². The lowest BCUT2D eigenvalue weighted by Crippen LogP contribution is -2.51. The highest BCUT2D eigenvalue weighted by atomic mass is 16.6. The van der Waals surface area contributed by atoms with Gasteiger partial charge in [-0.05, 0) is 31.2 Å². The van der Waals surface area contributed by atoms with Gasteiger partial charge in [-0.15, -0.1) is 0 Å². The number of unbranched alkanes of at least 4 members (excludes halogenated alkanes) is 25. The molecule has 0 aromatic heterocycles. The van der Waals surface area contributed by atoms with E-state index >= 15 is 0 Å². The van der Waals surface area contributed by atoms with Gasteiger partial charge in [0.15, 0.2) is 6.10 Å². The number of hydrogen-bond donors (Lipinski definition) is 1. The molecule has 0 spiro atoms. The first-order valence-electron chi connectivity index (χ1n) is 24.2. The van der Waals surface area contributed by atoms with Crippen LogP contribution < -0.4 is 5.32 Å². The Hall–Kier alpha value is -2.90. The monoisotopic (exact) mass is 814 g/mol. The lowest BCUT2D eigenvalue weighted by molar-refractivity contribution is -0.171. The Morgan fingerprint density at radius 2 is 0.948 bits per heavy atom. The fourth-order valence-electron chi connectivity index (χ4n) is 7.68. The largest absolute Gasteiger partial charge is 0.461 e. The Morgan fingerprint density at radius 3 is 1.40 bits per heavy atom. The zero-order valence-corrected chi connectivity index (χ0v) is 37.8. The molecule has 8 heteroatoms. The van der Waals surface area contributed by atoms with E-state index in [0.29, 0.717) is 19.3 Å². The normalized spacial score (nSPS) is 12.8. The van der Waals surface area contributed by atoms with Crippen molar-refractivity contribution in [2.45, 2.75) is 258 Å². The van der Waals surface area contributed by atoms with E-state index in [-0.39, 0.29) is 25.4 Å². The summed E-state index contributed by atoms with van der Waals surface area (Å²) in [5, 5.41) is 3.12. The number of benzene rings is 1. The van der Waals surface area contributed by atoms with Crippen LogP contribution in [-0.4, -0.2) is 42.1 Å². The van der Waals surface area contributed by atoms with Crippen LogP contribution in [0.25, 0.3) is 0 Å². The van der Waals surface area contributed by atoms with Gasteiger partial charge in [0.2, 0.25) is 5.91 Å². The summed E-state index contributed by atoms with van der Waals surface area (Å²) in [4.78, 5) is 51.3. The quantitative estimate of drug-likeness (QED) is 0.0399. The van der Waals surface area contributed by atoms with Crippen LogP contribution in [0.4, 0.5) is 0 Å². The minimum Gasteiger partial charge on any atom is -0.461 e. The first-order chi connectivity index (χ1) is 28.3. The van der Waals surface area contributed by atoms with Crippen molar-refractivity contribution in [3.05, 3.63) is 35.9 Å². The molecule has 0 saturated carbocycles. The number of amides is 1. The van der Waals surface area contributed by atoms with Crippen molar-refractivity contribution < 1.29 is 33.4 Å². The molecule has 1 N–H and O–H groups in total. The molecule has 1 aromatic rings. The molecule has 8 nitrogen and oxygen atoms in total. The minimum atomic E-state index is -0.825. The van der Waals surface area contributed by atoms with Crippen molar-refractivity contribution >= 4 is 23.8 Å². The summed E-state index contributed by atoms with van der Waals surface area (Å²) < 4.78 is 17.2. The van der Waals surface area contributed by atoms with Crippen LogP contribution in [0.15, 0.2) is 30.3 Å². The van der Waals surface area contributed by atoms with Crippen LogP contribution in [0.3, 0.4) is 0 Å². The van der Waals surface area contributed by atoms with Crippen molar-refractivity contribution in [3.63, 3.8) is 0 Å². The molecule has 0 saturated heterocycles. The Bertz CT molecular complexity index is 1140. The van der Waals surface area contributed by atoms with Gasteiger partial charge >= 0.3 is 17.9 Å². The second-order valence-electron chi connectivity index (χ2n) is 16.7. The molecule has 0 heterocycles. The van der Waals surface area contributed by atoms with E-state index in [9.17, 15) is 19.2 Å². The summed E-state index contributed by atoms with van der Waals surface area (Å²) in [7, 11) is 0. The van der Waals surface area contributed by atoms with Crippen molar-refractivity contribution in [3.8, 4) is 0 Å². The Kier molecular flexibility index (Phi) is 35.1. The van der Waals surface area contributed by atoms with Gasteiger partial charge in [-0.1, -0.05) is 212 Å². The van der Waals surface area contributed by atoms with E-state index in [0.717, 1.165) is 44.1 Å². The number of ether oxygens (including phenoxy) is 3. The molecule has 1 aromatic carbocycles. The lowest BCUT2D eigenvalue weighted by Gasteiger charge is -2.33. The molecule has 0 aliphatic heterocycles. The van der Waals surface area contributed by atoms with E-state index in [1.165, 1.54) is 142 Å². The highest BCUT2D eigenvalue weighted by molar-refractivity contribution is 5.78. The third-order valence-electron chi connectivity index (χ3n) is 11.3. The Balaban J connectivity index is 2.62. The number of carbonyl (C=O) groups excluding carboxylic acids is 4. The summed E-state index contributed by atoms with van der Waals surface area (Å²) >= 11 is 0. The molecule has 1 rings (SSSR count). The second-order valence-corrected chi connectivity index (χ2v) is 16.7. The van der Waals surface area contributed by atoms with Gasteiger partial charge in [-0.2, -0.15) is 0 Å². The number of esters is 3. The predicted octanol–water partition coefficient (Wildman–Crippen LogP) is 13.6. The topological polar surface area (TPSA) is 108 Å². The summed E-state index contributed by atoms with van der Waals surface area (Å²) in [6, 6.07) is 8.90. The summed E-state index contributed by atoms with van der Waals surface area (Å²) in [6.07, 6.45) is 33.1. The van der Waals surface area contributed by atoms with Crippen LogP contribution in [-0.2, 0) is 40.0 Å². The minimum absolute atomic E-state index is 0.0738. The number of hydrogen-bond acceptors (Lipinski definition) is 7. The van der Waals surface area contributed by atoms with Crippen LogP contribution in [0.2, 0.25) is 0 Å². The first kappa shape index (κ1) is 53.1. The molecule has 0 aliphatic rings. The average Bonchev–Trinajstić information content (AvgIpc) is 3.22. The molecule has 334 valence electrons. The van der Waals surface area contributed by atoms with Crippen LogP contribution in [0.1, 0.15) is 239 Å². The van der Waals surface area contributed by atoms with E-state index in [2.05, 4.69) is 19.2 Å². The number of carbonyl (C=O) groups is 4. The fraction of sp³-hybridized carbons (Fsp3) is 0.800. The molecule has 0 fully saturated rings. The van der Waals surface area contributed by atoms with Gasteiger partial charge < -0.3 is 19.5 Å². The SMILES string of the molecule is CCCCCCCCCCCCCCCCCC(=O)N[C@@H](CC)[C@H](OC(C)=O)[C@@H](CCCCCCCCCCCCCC)OC(=O)CCC(=O)OCc1ccccc1. The summed E-state index contributed by atoms with van der Waals surface area (Å²) in [6.45, 7) is 7.95. The maximum atomic E-state index is 13.2. The van der Waals surface area contributed by atoms with Crippen molar-refractivity contribution in [1.29, 1.82) is 0 Å². The second kappa shape index (κ2) is 38.3. The Morgan fingerprint density at radius 1 is 0.517 bits per heavy atom. The number of rotatable bonds is 40. The number of nitrogens with one attached hydrogen (secondary N) is 1. The van der Waals surface area contributed by atoms with Gasteiger partial charge in [0, 0.05) is 13.3 Å². The smallest absolute Gasteiger partial charge is 0.306 e. The highest BCUT2D eigenvalue weighted by Crippen LogP contribution is 2.22. The highest BCUT2D eigenvalue weighted by Gasteiger charge is 2.35. The first-order valence-corrected chi connectivity index (χ1v) is 24.2. The van der Waals surface area contributed by atoms with Crippen molar-refractivity contribution in [1.82, 2.24) is 5.32 Å². The third-order valence-corrected chi connectivity index (χ3v) is 11.3. The maximum absolute atomic E-state index is 13.2. The van der Waals surface area contributed by atoms with Crippen LogP contribution in [0, 0.1) is 0 Å². The van der Waals surface area contributed by atoms with Gasteiger partial charge in [-0.25, -0.2) is 0 Å². The van der Waals surface area contributed by atoms with E-state index in [1.807, 2.05) is 37.3 Å². The Labute approximate surface area is 355 Å². The third kappa shape index (κ3) is 31.1. The molecule has 1 amide bonds. The van der Waals surface area contributed by atoms with Gasteiger partial charge in [0.05, 0.1) is 18.9 Å². The van der Waals surface area contributed by atoms with Crippen LogP contribution >= 0.6 is 0 Å². The molecule has 0 aliphatic carbocycles. The average molecular weight is 814 g/mol. The van der Waals surface area contributed by atoms with E-state index < -0.39 is 36.2 Å². The zero-order chi connectivity index (χ0) is 42.3. The molecule has 0 unspecified atom stereocenters. The zero-order valence-electron chi connectivity index (χ0n) is 37.8. The summed E-state index contributed by atoms with van der Waals surface area (Å²) in [5.74, 6) is -1.58. The molecule has 0 radical (unpaired) electrons. The lowest BCUT2D eigenvalue weighted by atomic mass is 9.96. The summed E-state index contributed by atoms with van der Waals surface area (Å²) in [5.41, 5.74) is 0.873.